The fourth-order valence-electron chi connectivity index (χ4n) is 1.12. The number of benzene rings is 1. The van der Waals surface area contributed by atoms with Gasteiger partial charge in [0.1, 0.15) is 5.75 Å². The first-order valence-electron chi connectivity index (χ1n) is 4.29. The first-order chi connectivity index (χ1) is 6.15. The predicted octanol–water partition coefficient (Wildman–Crippen LogP) is 1.46. The minimum Gasteiger partial charge on any atom is -0.508 e. The van der Waals surface area contributed by atoms with Gasteiger partial charge in [0.05, 0.1) is 6.10 Å². The van der Waals surface area contributed by atoms with Crippen LogP contribution in [0.2, 0.25) is 0 Å². The van der Waals surface area contributed by atoms with E-state index in [1.54, 1.807) is 31.3 Å². The van der Waals surface area contributed by atoms with Crippen LogP contribution in [0, 0.1) is 0 Å². The van der Waals surface area contributed by atoms with E-state index in [9.17, 15) is 5.11 Å². The number of nitrogens with one attached hydrogen (secondary N) is 1. The number of halogens is 1. The molecular formula is C10H16ClNO2. The van der Waals surface area contributed by atoms with Crippen molar-refractivity contribution >= 4 is 12.4 Å². The van der Waals surface area contributed by atoms with Crippen molar-refractivity contribution in [1.82, 2.24) is 5.32 Å². The van der Waals surface area contributed by atoms with Gasteiger partial charge in [0, 0.05) is 6.04 Å². The zero-order chi connectivity index (χ0) is 9.84. The third-order valence-electron chi connectivity index (χ3n) is 2.16. The van der Waals surface area contributed by atoms with Crippen LogP contribution in [-0.4, -0.2) is 23.3 Å². The van der Waals surface area contributed by atoms with Crippen LogP contribution in [0.4, 0.5) is 0 Å². The van der Waals surface area contributed by atoms with Crippen LogP contribution in [0.15, 0.2) is 24.3 Å². The summed E-state index contributed by atoms with van der Waals surface area (Å²) in [5.41, 5.74) is 0.805. The van der Waals surface area contributed by atoms with Crippen molar-refractivity contribution in [3.8, 4) is 5.75 Å². The number of likely N-dealkylation sites (N-methyl/N-ethyl adjacent to an activating group) is 1. The van der Waals surface area contributed by atoms with Gasteiger partial charge in [-0.05, 0) is 31.7 Å². The number of phenolic OH excluding ortho intramolecular Hbond substituents is 1. The first kappa shape index (κ1) is 13.2. The molecule has 0 spiro atoms. The smallest absolute Gasteiger partial charge is 0.115 e. The van der Waals surface area contributed by atoms with E-state index >= 15 is 0 Å². The molecule has 0 unspecified atom stereocenters. The molecule has 1 rings (SSSR count). The normalized spacial score (nSPS) is 14.2. The SMILES string of the molecule is CN[C@@H](C)[C@@H](O)c1ccc(O)cc1.Cl. The average molecular weight is 218 g/mol. The van der Waals surface area contributed by atoms with Crippen LogP contribution in [0.5, 0.6) is 5.75 Å². The monoisotopic (exact) mass is 217 g/mol. The Kier molecular flexibility index (Phi) is 5.53. The van der Waals surface area contributed by atoms with Crippen LogP contribution in [0.3, 0.4) is 0 Å². The molecule has 0 saturated heterocycles. The lowest BCUT2D eigenvalue weighted by Crippen LogP contribution is -2.28. The van der Waals surface area contributed by atoms with Crippen LogP contribution in [-0.2, 0) is 0 Å². The maximum Gasteiger partial charge on any atom is 0.115 e. The second-order valence-corrected chi connectivity index (χ2v) is 3.11. The zero-order valence-corrected chi connectivity index (χ0v) is 9.08. The quantitative estimate of drug-likeness (QED) is 0.719. The Morgan fingerprint density at radius 3 is 2.14 bits per heavy atom. The molecule has 0 aliphatic heterocycles. The molecule has 0 amide bonds. The highest BCUT2D eigenvalue weighted by Gasteiger charge is 2.13. The molecule has 0 heterocycles. The Balaban J connectivity index is 0.00000169. The summed E-state index contributed by atoms with van der Waals surface area (Å²) in [6, 6.07) is 6.58. The number of hydrogen-bond donors (Lipinski definition) is 3. The van der Waals surface area contributed by atoms with Crippen molar-refractivity contribution in [2.75, 3.05) is 7.05 Å². The molecule has 1 aromatic rings. The lowest BCUT2D eigenvalue weighted by Gasteiger charge is -2.18. The largest absolute Gasteiger partial charge is 0.508 e. The summed E-state index contributed by atoms with van der Waals surface area (Å²) in [5, 5.41) is 21.7. The van der Waals surface area contributed by atoms with Gasteiger partial charge >= 0.3 is 0 Å². The third-order valence-corrected chi connectivity index (χ3v) is 2.16. The van der Waals surface area contributed by atoms with E-state index in [4.69, 9.17) is 5.11 Å². The molecule has 0 aliphatic rings. The van der Waals surface area contributed by atoms with Gasteiger partial charge in [-0.3, -0.25) is 0 Å². The fraction of sp³-hybridized carbons (Fsp3) is 0.400. The highest BCUT2D eigenvalue weighted by Crippen LogP contribution is 2.19. The van der Waals surface area contributed by atoms with E-state index in [0.717, 1.165) is 5.56 Å². The predicted molar refractivity (Wildman–Crippen MR) is 58.8 cm³/mol. The van der Waals surface area contributed by atoms with Crippen LogP contribution in [0.25, 0.3) is 0 Å². The molecule has 0 aliphatic carbocycles. The maximum absolute atomic E-state index is 9.74. The van der Waals surface area contributed by atoms with Crippen molar-refractivity contribution in [2.24, 2.45) is 0 Å². The number of aliphatic hydroxyl groups is 1. The summed E-state index contributed by atoms with van der Waals surface area (Å²) in [5.74, 6) is 0.216. The molecule has 0 bridgehead atoms. The highest BCUT2D eigenvalue weighted by molar-refractivity contribution is 5.85. The van der Waals surface area contributed by atoms with Crippen molar-refractivity contribution in [3.05, 3.63) is 29.8 Å². The van der Waals surface area contributed by atoms with Crippen molar-refractivity contribution in [2.45, 2.75) is 19.1 Å². The number of phenols is 1. The van der Waals surface area contributed by atoms with Crippen molar-refractivity contribution < 1.29 is 10.2 Å². The van der Waals surface area contributed by atoms with Crippen LogP contribution in [0.1, 0.15) is 18.6 Å². The van der Waals surface area contributed by atoms with E-state index in [1.165, 1.54) is 0 Å². The molecular weight excluding hydrogens is 202 g/mol. The molecule has 3 N–H and O–H groups in total. The molecule has 0 aromatic heterocycles. The molecule has 2 atom stereocenters. The van der Waals surface area contributed by atoms with Gasteiger partial charge < -0.3 is 15.5 Å². The second-order valence-electron chi connectivity index (χ2n) is 3.11. The summed E-state index contributed by atoms with van der Waals surface area (Å²) in [4.78, 5) is 0. The molecule has 4 heteroatoms. The highest BCUT2D eigenvalue weighted by atomic mass is 35.5. The zero-order valence-electron chi connectivity index (χ0n) is 8.27. The van der Waals surface area contributed by atoms with Gasteiger partial charge in [-0.25, -0.2) is 0 Å². The number of aromatic hydroxyl groups is 1. The second kappa shape index (κ2) is 5.86. The van der Waals surface area contributed by atoms with Gasteiger partial charge in [0.2, 0.25) is 0 Å². The Labute approximate surface area is 90.2 Å². The van der Waals surface area contributed by atoms with E-state index in [-0.39, 0.29) is 24.2 Å². The summed E-state index contributed by atoms with van der Waals surface area (Å²) < 4.78 is 0. The minimum absolute atomic E-state index is 0. The minimum atomic E-state index is -0.536. The Morgan fingerprint density at radius 1 is 1.21 bits per heavy atom. The van der Waals surface area contributed by atoms with Gasteiger partial charge in [0.15, 0.2) is 0 Å². The summed E-state index contributed by atoms with van der Waals surface area (Å²) in [6.45, 7) is 1.90. The topological polar surface area (TPSA) is 52.5 Å². The fourth-order valence-corrected chi connectivity index (χ4v) is 1.12. The van der Waals surface area contributed by atoms with Crippen molar-refractivity contribution in [1.29, 1.82) is 0 Å². The molecule has 0 saturated carbocycles. The average Bonchev–Trinajstić information content (AvgIpc) is 2.17. The van der Waals surface area contributed by atoms with E-state index in [2.05, 4.69) is 5.32 Å². The van der Waals surface area contributed by atoms with E-state index < -0.39 is 6.10 Å². The van der Waals surface area contributed by atoms with Crippen LogP contribution >= 0.6 is 12.4 Å². The number of rotatable bonds is 3. The Morgan fingerprint density at radius 2 is 1.71 bits per heavy atom. The molecule has 0 radical (unpaired) electrons. The molecule has 14 heavy (non-hydrogen) atoms. The standard InChI is InChI=1S/C10H15NO2.ClH/c1-7(11-2)10(13)8-3-5-9(12)6-4-8;/h3-7,10-13H,1-2H3;1H/t7-,10+;/m0./s1. The van der Waals surface area contributed by atoms with Crippen molar-refractivity contribution in [3.63, 3.8) is 0 Å². The van der Waals surface area contributed by atoms with Gasteiger partial charge in [-0.1, -0.05) is 12.1 Å². The number of hydrogen-bond acceptors (Lipinski definition) is 3. The summed E-state index contributed by atoms with van der Waals surface area (Å²) in [7, 11) is 1.80. The van der Waals surface area contributed by atoms with E-state index in [1.807, 2.05) is 6.92 Å². The Hall–Kier alpha value is -0.770. The van der Waals surface area contributed by atoms with Gasteiger partial charge in [0.25, 0.3) is 0 Å². The van der Waals surface area contributed by atoms with E-state index in [0.29, 0.717) is 0 Å². The first-order valence-corrected chi connectivity index (χ1v) is 4.29. The summed E-state index contributed by atoms with van der Waals surface area (Å²) in [6.07, 6.45) is -0.536. The molecule has 80 valence electrons. The molecule has 0 fully saturated rings. The van der Waals surface area contributed by atoms with Gasteiger partial charge in [-0.2, -0.15) is 0 Å². The van der Waals surface area contributed by atoms with Gasteiger partial charge in [-0.15, -0.1) is 12.4 Å². The maximum atomic E-state index is 9.74. The summed E-state index contributed by atoms with van der Waals surface area (Å²) >= 11 is 0. The third kappa shape index (κ3) is 3.18. The lowest BCUT2D eigenvalue weighted by molar-refractivity contribution is 0.140. The molecule has 3 nitrogen and oxygen atoms in total. The lowest BCUT2D eigenvalue weighted by atomic mass is 10.0. The number of aliphatic hydroxyl groups excluding tert-OH is 1. The van der Waals surface area contributed by atoms with Crippen LogP contribution < -0.4 is 5.32 Å². The molecule has 1 aromatic carbocycles. The Bertz CT molecular complexity index is 263.